The highest BCUT2D eigenvalue weighted by molar-refractivity contribution is 5.38. The van der Waals surface area contributed by atoms with Crippen molar-refractivity contribution in [2.45, 2.75) is 13.1 Å². The van der Waals surface area contributed by atoms with Gasteiger partial charge in [-0.25, -0.2) is 4.68 Å². The van der Waals surface area contributed by atoms with Gasteiger partial charge in [-0.3, -0.25) is 4.79 Å². The van der Waals surface area contributed by atoms with E-state index in [4.69, 9.17) is 4.74 Å². The van der Waals surface area contributed by atoms with Crippen LogP contribution in [0.2, 0.25) is 0 Å². The fraction of sp³-hybridized carbons (Fsp3) is 0.231. The van der Waals surface area contributed by atoms with Gasteiger partial charge in [-0.1, -0.05) is 6.07 Å². The molecule has 0 saturated carbocycles. The molecule has 20 heavy (non-hydrogen) atoms. The number of alkyl halides is 3. The van der Waals surface area contributed by atoms with Crippen molar-refractivity contribution in [3.63, 3.8) is 0 Å². The maximum atomic E-state index is 12.7. The molecule has 0 N–H and O–H groups in total. The van der Waals surface area contributed by atoms with E-state index in [1.165, 1.54) is 30.0 Å². The van der Waals surface area contributed by atoms with Crippen LogP contribution < -0.4 is 10.2 Å². The van der Waals surface area contributed by atoms with Gasteiger partial charge >= 0.3 is 6.18 Å². The SMILES string of the molecule is COc1nn(-c2cccc(C(F)(F)F)c2)c(C)cc1=O. The first-order chi connectivity index (χ1) is 9.32. The number of halogens is 3. The lowest BCUT2D eigenvalue weighted by Gasteiger charge is -2.13. The Kier molecular flexibility index (Phi) is 3.52. The van der Waals surface area contributed by atoms with Crippen LogP contribution in [0.25, 0.3) is 5.69 Å². The van der Waals surface area contributed by atoms with E-state index in [9.17, 15) is 18.0 Å². The number of ether oxygens (including phenoxy) is 1. The van der Waals surface area contributed by atoms with E-state index in [1.54, 1.807) is 6.92 Å². The van der Waals surface area contributed by atoms with Gasteiger partial charge in [-0.2, -0.15) is 13.2 Å². The number of benzene rings is 1. The van der Waals surface area contributed by atoms with Gasteiger partial charge in [0.25, 0.3) is 5.88 Å². The topological polar surface area (TPSA) is 44.1 Å². The van der Waals surface area contributed by atoms with Gasteiger partial charge in [-0.05, 0) is 25.1 Å². The van der Waals surface area contributed by atoms with E-state index in [2.05, 4.69) is 5.10 Å². The Morgan fingerprint density at radius 2 is 1.95 bits per heavy atom. The van der Waals surface area contributed by atoms with Crippen molar-refractivity contribution in [2.24, 2.45) is 0 Å². The summed E-state index contributed by atoms with van der Waals surface area (Å²) in [7, 11) is 1.27. The predicted molar refractivity (Wildman–Crippen MR) is 66.1 cm³/mol. The largest absolute Gasteiger partial charge is 0.477 e. The fourth-order valence-electron chi connectivity index (χ4n) is 1.75. The Balaban J connectivity index is 2.60. The first-order valence-corrected chi connectivity index (χ1v) is 5.65. The van der Waals surface area contributed by atoms with Crippen molar-refractivity contribution in [3.05, 3.63) is 51.8 Å². The fourth-order valence-corrected chi connectivity index (χ4v) is 1.75. The van der Waals surface area contributed by atoms with Crippen LogP contribution in [0.5, 0.6) is 5.88 Å². The van der Waals surface area contributed by atoms with Crippen LogP contribution in [0.4, 0.5) is 13.2 Å². The van der Waals surface area contributed by atoms with Crippen LogP contribution in [0, 0.1) is 6.92 Å². The maximum absolute atomic E-state index is 12.7. The summed E-state index contributed by atoms with van der Waals surface area (Å²) in [6.07, 6.45) is -4.44. The lowest BCUT2D eigenvalue weighted by atomic mass is 10.2. The van der Waals surface area contributed by atoms with Gasteiger partial charge in [0.05, 0.1) is 18.4 Å². The Hall–Kier alpha value is -2.31. The summed E-state index contributed by atoms with van der Waals surface area (Å²) < 4.78 is 44.1. The monoisotopic (exact) mass is 284 g/mol. The summed E-state index contributed by atoms with van der Waals surface area (Å²) in [4.78, 5) is 11.5. The van der Waals surface area contributed by atoms with E-state index in [-0.39, 0.29) is 11.6 Å². The Bertz CT molecular complexity index is 693. The number of nitrogens with zero attached hydrogens (tertiary/aromatic N) is 2. The molecule has 0 amide bonds. The standard InChI is InChI=1S/C13H11F3N2O2/c1-8-6-11(19)12(20-2)17-18(8)10-5-3-4-9(7-10)13(14,15)16/h3-7H,1-2H3. The molecule has 0 spiro atoms. The summed E-state index contributed by atoms with van der Waals surface area (Å²) in [5.41, 5.74) is -0.590. The Morgan fingerprint density at radius 3 is 2.55 bits per heavy atom. The van der Waals surface area contributed by atoms with Crippen LogP contribution in [-0.2, 0) is 6.18 Å². The van der Waals surface area contributed by atoms with Crippen LogP contribution in [0.1, 0.15) is 11.3 Å². The van der Waals surface area contributed by atoms with Gasteiger partial charge in [0.15, 0.2) is 0 Å². The maximum Gasteiger partial charge on any atom is 0.416 e. The van der Waals surface area contributed by atoms with Gasteiger partial charge in [0.1, 0.15) is 0 Å². The second-order valence-corrected chi connectivity index (χ2v) is 4.12. The van der Waals surface area contributed by atoms with E-state index < -0.39 is 17.2 Å². The van der Waals surface area contributed by atoms with Crippen molar-refractivity contribution >= 4 is 0 Å². The third-order valence-electron chi connectivity index (χ3n) is 2.69. The summed E-state index contributed by atoms with van der Waals surface area (Å²) in [6.45, 7) is 1.58. The number of hydrogen-bond donors (Lipinski definition) is 0. The lowest BCUT2D eigenvalue weighted by molar-refractivity contribution is -0.137. The molecule has 2 rings (SSSR count). The zero-order valence-electron chi connectivity index (χ0n) is 10.7. The van der Waals surface area contributed by atoms with Crippen molar-refractivity contribution < 1.29 is 17.9 Å². The van der Waals surface area contributed by atoms with Crippen molar-refractivity contribution in [3.8, 4) is 11.6 Å². The van der Waals surface area contributed by atoms with Gasteiger partial charge in [0, 0.05) is 11.8 Å². The molecule has 4 nitrogen and oxygen atoms in total. The first kappa shape index (κ1) is 14.1. The van der Waals surface area contributed by atoms with Crippen molar-refractivity contribution in [2.75, 3.05) is 7.11 Å². The molecule has 0 bridgehead atoms. The molecule has 0 fully saturated rings. The molecule has 0 radical (unpaired) electrons. The molecule has 1 aromatic carbocycles. The highest BCUT2D eigenvalue weighted by atomic mass is 19.4. The quantitative estimate of drug-likeness (QED) is 0.851. The molecule has 0 aliphatic carbocycles. The minimum Gasteiger partial charge on any atom is -0.477 e. The molecule has 106 valence electrons. The molecule has 0 aliphatic rings. The third-order valence-corrected chi connectivity index (χ3v) is 2.69. The average molecular weight is 284 g/mol. The normalized spacial score (nSPS) is 11.4. The molecule has 0 saturated heterocycles. The molecular formula is C13H11F3N2O2. The van der Waals surface area contributed by atoms with Crippen molar-refractivity contribution in [1.29, 1.82) is 0 Å². The van der Waals surface area contributed by atoms with Gasteiger partial charge in [0.2, 0.25) is 5.43 Å². The van der Waals surface area contributed by atoms with E-state index in [0.717, 1.165) is 12.1 Å². The molecule has 1 heterocycles. The van der Waals surface area contributed by atoms with E-state index in [0.29, 0.717) is 5.69 Å². The number of aromatic nitrogens is 2. The number of hydrogen-bond acceptors (Lipinski definition) is 3. The molecule has 0 aliphatic heterocycles. The minimum atomic E-state index is -4.44. The summed E-state index contributed by atoms with van der Waals surface area (Å²) >= 11 is 0. The first-order valence-electron chi connectivity index (χ1n) is 5.65. The highest BCUT2D eigenvalue weighted by Gasteiger charge is 2.30. The molecule has 2 aromatic rings. The van der Waals surface area contributed by atoms with Gasteiger partial charge < -0.3 is 4.74 Å². The van der Waals surface area contributed by atoms with Crippen molar-refractivity contribution in [1.82, 2.24) is 9.78 Å². The summed E-state index contributed by atoms with van der Waals surface area (Å²) in [5, 5.41) is 3.90. The second kappa shape index (κ2) is 4.99. The molecule has 0 atom stereocenters. The second-order valence-electron chi connectivity index (χ2n) is 4.12. The average Bonchev–Trinajstić information content (AvgIpc) is 2.38. The summed E-state index contributed by atoms with van der Waals surface area (Å²) in [5.74, 6) is -0.173. The molecule has 1 aromatic heterocycles. The van der Waals surface area contributed by atoms with E-state index >= 15 is 0 Å². The number of aryl methyl sites for hydroxylation is 1. The highest BCUT2D eigenvalue weighted by Crippen LogP contribution is 2.30. The van der Waals surface area contributed by atoms with Gasteiger partial charge in [-0.15, -0.1) is 5.10 Å². The lowest BCUT2D eigenvalue weighted by Crippen LogP contribution is -2.16. The van der Waals surface area contributed by atoms with E-state index in [1.807, 2.05) is 0 Å². The van der Waals surface area contributed by atoms with Crippen LogP contribution in [0.3, 0.4) is 0 Å². The zero-order chi connectivity index (χ0) is 14.9. The van der Waals surface area contributed by atoms with Crippen LogP contribution >= 0.6 is 0 Å². The third kappa shape index (κ3) is 2.66. The molecular weight excluding hydrogens is 273 g/mol. The Labute approximate surface area is 112 Å². The summed E-state index contributed by atoms with van der Waals surface area (Å²) in [6, 6.07) is 5.94. The van der Waals surface area contributed by atoms with Crippen LogP contribution in [0.15, 0.2) is 35.1 Å². The predicted octanol–water partition coefficient (Wildman–Crippen LogP) is 2.57. The minimum absolute atomic E-state index is 0.173. The molecule has 0 unspecified atom stereocenters. The molecule has 7 heteroatoms. The van der Waals surface area contributed by atoms with Crippen LogP contribution in [-0.4, -0.2) is 16.9 Å². The Morgan fingerprint density at radius 1 is 1.25 bits per heavy atom. The number of methoxy groups -OCH3 is 1. The zero-order valence-corrected chi connectivity index (χ0v) is 10.7. The number of rotatable bonds is 2. The smallest absolute Gasteiger partial charge is 0.416 e.